The highest BCUT2D eigenvalue weighted by Crippen LogP contribution is 2.29. The average molecular weight is 1350 g/mol. The summed E-state index contributed by atoms with van der Waals surface area (Å²) < 4.78 is 45.2. The summed E-state index contributed by atoms with van der Waals surface area (Å²) in [5.41, 5.74) is 5.79. The lowest BCUT2D eigenvalue weighted by Crippen LogP contribution is -1.95. The van der Waals surface area contributed by atoms with Crippen LogP contribution in [0.15, 0.2) is 243 Å². The third-order valence-corrected chi connectivity index (χ3v) is 12.9. The average Bonchev–Trinajstić information content (AvgIpc) is 0.804. The first-order chi connectivity index (χ1) is 47.3. The lowest BCUT2D eigenvalue weighted by molar-refractivity contribution is -0.115. The number of fused-ring (bicyclic) bond motifs is 1. The molecule has 16 nitrogen and oxygen atoms in total. The molecule has 0 saturated carbocycles. The molecule has 0 amide bonds. The van der Waals surface area contributed by atoms with E-state index in [0.29, 0.717) is 22.3 Å². The molecule has 10 rings (SSSR count). The molecule has 10 aromatic carbocycles. The largest absolute Gasteiger partial charge is 0.497 e. The Morgan fingerprint density at radius 3 is 0.677 bits per heavy atom. The second-order valence-corrected chi connectivity index (χ2v) is 20.9. The van der Waals surface area contributed by atoms with Crippen LogP contribution in [0.2, 0.25) is 0 Å². The van der Waals surface area contributed by atoms with Gasteiger partial charge in [-0.15, -0.1) is 0 Å². The van der Waals surface area contributed by atoms with Crippen LogP contribution in [-0.2, 0) is 9.59 Å². The summed E-state index contributed by atoms with van der Waals surface area (Å²) >= 11 is 0. The van der Waals surface area contributed by atoms with E-state index in [2.05, 4.69) is 0 Å². The minimum absolute atomic E-state index is 0.0186. The number of ether oxygens (including phenoxy) is 9. The number of rotatable bonds is 15. The van der Waals surface area contributed by atoms with Gasteiger partial charge in [0.15, 0.2) is 28.9 Å². The van der Waals surface area contributed by atoms with Gasteiger partial charge < -0.3 is 52.2 Å². The van der Waals surface area contributed by atoms with Gasteiger partial charge in [0, 0.05) is 39.3 Å². The van der Waals surface area contributed by atoms with E-state index in [1.54, 1.807) is 158 Å². The van der Waals surface area contributed by atoms with Crippen LogP contribution in [0, 0.1) is 0 Å². The topological polar surface area (TPSA) is 203 Å². The minimum atomic E-state index is 0.0186. The number of hydrogen-bond donors (Lipinski definition) is 0. The van der Waals surface area contributed by atoms with Crippen LogP contribution in [0.5, 0.6) is 51.7 Å². The molecule has 0 atom stereocenters. The molecule has 0 aliphatic carbocycles. The van der Waals surface area contributed by atoms with E-state index >= 15 is 0 Å². The van der Waals surface area contributed by atoms with E-state index in [4.69, 9.17) is 42.6 Å². The Balaban J connectivity index is 0.000000562. The molecule has 0 unspecified atom stereocenters. The molecule has 0 spiro atoms. The number of carbonyl (C=O) groups is 7. The van der Waals surface area contributed by atoms with Gasteiger partial charge in [0.25, 0.3) is 0 Å². The van der Waals surface area contributed by atoms with Gasteiger partial charge >= 0.3 is 0 Å². The number of hydrogen-bond acceptors (Lipinski definition) is 16. The van der Waals surface area contributed by atoms with Gasteiger partial charge in [0.1, 0.15) is 63.3 Å². The van der Waals surface area contributed by atoms with Gasteiger partial charge in [-0.25, -0.2) is 0 Å². The molecule has 0 saturated heterocycles. The van der Waals surface area contributed by atoms with Crippen molar-refractivity contribution in [2.24, 2.45) is 0 Å². The van der Waals surface area contributed by atoms with Crippen molar-refractivity contribution in [3.63, 3.8) is 0 Å². The van der Waals surface area contributed by atoms with E-state index in [1.807, 2.05) is 170 Å². The summed E-state index contributed by atoms with van der Waals surface area (Å²) in [7, 11) is 14.7. The second-order valence-electron chi connectivity index (χ2n) is 20.9. The third-order valence-electron chi connectivity index (χ3n) is 12.9. The fourth-order valence-corrected chi connectivity index (χ4v) is 7.74. The molecule has 10 aromatic rings. The molecule has 0 radical (unpaired) electrons. The molecule has 0 heterocycles. The molecular weight excluding hydrogens is 1250 g/mol. The monoisotopic (exact) mass is 1350 g/mol. The Bertz CT molecular complexity index is 3720. The predicted octanol–water partition coefficient (Wildman–Crippen LogP) is 18.6. The van der Waals surface area contributed by atoms with Crippen molar-refractivity contribution in [3.8, 4) is 62.9 Å². The number of ketones is 7. The summed E-state index contributed by atoms with van der Waals surface area (Å²) in [6, 6.07) is 75.1. The number of benzene rings is 10. The van der Waals surface area contributed by atoms with Crippen LogP contribution in [0.25, 0.3) is 21.9 Å². The summed E-state index contributed by atoms with van der Waals surface area (Å²) in [5.74, 6) is 8.03. The molecule has 0 N–H and O–H groups in total. The van der Waals surface area contributed by atoms with Crippen LogP contribution >= 0.6 is 0 Å². The highest BCUT2D eigenvalue weighted by atomic mass is 16.5. The first-order valence-corrected chi connectivity index (χ1v) is 30.9. The fourth-order valence-electron chi connectivity index (χ4n) is 7.74. The Hall–Kier alpha value is -11.7. The van der Waals surface area contributed by atoms with Gasteiger partial charge in [-0.2, -0.15) is 0 Å². The van der Waals surface area contributed by atoms with Gasteiger partial charge in [-0.3, -0.25) is 24.0 Å². The van der Waals surface area contributed by atoms with E-state index in [9.17, 15) is 33.6 Å². The molecule has 99 heavy (non-hydrogen) atoms. The van der Waals surface area contributed by atoms with Crippen LogP contribution in [0.4, 0.5) is 0 Å². The molecule has 16 heteroatoms. The van der Waals surface area contributed by atoms with Crippen LogP contribution in [-0.4, -0.2) is 104 Å². The lowest BCUT2D eigenvalue weighted by atomic mass is 10.0. The zero-order valence-electron chi connectivity index (χ0n) is 60.1. The minimum Gasteiger partial charge on any atom is -0.497 e. The third kappa shape index (κ3) is 36.2. The standard InChI is InChI=1S/C14H14O2.C13H12O2.C10H10O2.2C9H10O2.2C8H10O2.C6H6.2C3H6O/c1-15-13-7-3-11(4-8-13)12-5-9-14(16-2)10-6-12;1-9(14)10-7-8-13(15-2)12-6-4-3-5-11(10)12;1-7(11)9-3-5-10(6-4-9)8(2)12;2*1-7(10)8-3-5-9(11-2)6-4-8;1-9-7-3-5-8(10-2)6-4-7;1-9-7-4-3-5-8(6-7)10-2;1-2-4-6-5-3-1;2*1-3(2)4/h3-10H,1-2H3;3-8H,1-2H3;3-6H,1-2H3;2*3-6H,1-2H3;2*3-6H,1-2H3;1-6H;2*1-2H3. The van der Waals surface area contributed by atoms with Gasteiger partial charge in [0.2, 0.25) is 0 Å². The van der Waals surface area contributed by atoms with Crippen molar-refractivity contribution in [3.05, 3.63) is 270 Å². The quantitative estimate of drug-likeness (QED) is 0.0876. The summed E-state index contributed by atoms with van der Waals surface area (Å²) in [5, 5.41) is 1.93. The summed E-state index contributed by atoms with van der Waals surface area (Å²) in [6.45, 7) is 13.8. The van der Waals surface area contributed by atoms with E-state index in [-0.39, 0.29) is 40.5 Å². The maximum atomic E-state index is 11.4. The highest BCUT2D eigenvalue weighted by molar-refractivity contribution is 6.08. The van der Waals surface area contributed by atoms with Gasteiger partial charge in [-0.05, 0) is 200 Å². The number of Topliss-reactive ketones (excluding diaryl/α,β-unsaturated/α-hetero) is 7. The van der Waals surface area contributed by atoms with Crippen LogP contribution in [0.1, 0.15) is 114 Å². The van der Waals surface area contributed by atoms with Gasteiger partial charge in [-0.1, -0.05) is 115 Å². The van der Waals surface area contributed by atoms with Crippen molar-refractivity contribution < 1.29 is 76.2 Å². The van der Waals surface area contributed by atoms with Crippen molar-refractivity contribution in [2.45, 2.75) is 62.3 Å². The Morgan fingerprint density at radius 1 is 0.212 bits per heavy atom. The summed E-state index contributed by atoms with van der Waals surface area (Å²) in [6.07, 6.45) is 0. The highest BCUT2D eigenvalue weighted by Gasteiger charge is 2.09. The van der Waals surface area contributed by atoms with Crippen molar-refractivity contribution in [1.82, 2.24) is 0 Å². The Morgan fingerprint density at radius 2 is 0.444 bits per heavy atom. The van der Waals surface area contributed by atoms with Crippen LogP contribution < -0.4 is 42.6 Å². The van der Waals surface area contributed by atoms with Gasteiger partial charge in [0.05, 0.1) is 64.0 Å². The maximum absolute atomic E-state index is 11.4. The molecule has 0 aromatic heterocycles. The van der Waals surface area contributed by atoms with E-state index < -0.39 is 0 Å². The Labute approximate surface area is 584 Å². The normalized spacial score (nSPS) is 9.19. The van der Waals surface area contributed by atoms with E-state index in [1.165, 1.54) is 52.7 Å². The SMILES string of the molecule is CC(=O)c1ccc(C(C)=O)cc1.CC(C)=O.CC(C)=O.COc1ccc(-c2ccc(OC)cc2)cc1.COc1ccc(C(C)=O)c2ccccc12.COc1ccc(C(C)=O)cc1.COc1ccc(C(C)=O)cc1.COc1ccc(OC)cc1.COc1cccc(OC)c1.c1ccccc1. The first kappa shape index (κ1) is 85.4. The number of methoxy groups -OCH3 is 9. The van der Waals surface area contributed by atoms with Crippen molar-refractivity contribution in [2.75, 3.05) is 64.0 Å². The lowest BCUT2D eigenvalue weighted by Gasteiger charge is -2.07. The molecule has 0 fully saturated rings. The molecule has 0 bridgehead atoms. The molecule has 0 aliphatic heterocycles. The molecule has 522 valence electrons. The zero-order chi connectivity index (χ0) is 74.1. The first-order valence-electron chi connectivity index (χ1n) is 30.9. The zero-order valence-corrected chi connectivity index (χ0v) is 60.1. The summed E-state index contributed by atoms with van der Waals surface area (Å²) in [4.78, 5) is 73.6. The number of carbonyl (C=O) groups excluding carboxylic acids is 7. The van der Waals surface area contributed by atoms with Crippen molar-refractivity contribution >= 4 is 51.3 Å². The van der Waals surface area contributed by atoms with E-state index in [0.717, 1.165) is 68.1 Å². The fraction of sp³-hybridized carbons (Fsp3) is 0.217. The predicted molar refractivity (Wildman–Crippen MR) is 396 cm³/mol. The molecule has 0 aliphatic rings. The Kier molecular flexibility index (Phi) is 43.0. The molecular formula is C83H94O16. The smallest absolute Gasteiger partial charge is 0.160 e. The maximum Gasteiger partial charge on any atom is 0.160 e. The van der Waals surface area contributed by atoms with Crippen LogP contribution in [0.3, 0.4) is 0 Å². The van der Waals surface area contributed by atoms with Crippen molar-refractivity contribution in [1.29, 1.82) is 0 Å². The second kappa shape index (κ2) is 49.8.